The SMILES string of the molecule is CC(N[C@@H](C)c1ccco1)c1ccc(Br)o1. The van der Waals surface area contributed by atoms with Gasteiger partial charge in [0.05, 0.1) is 18.3 Å². The van der Waals surface area contributed by atoms with Gasteiger partial charge in [-0.15, -0.1) is 0 Å². The first-order valence-corrected chi connectivity index (χ1v) is 6.01. The fraction of sp³-hybridized carbons (Fsp3) is 0.333. The molecular formula is C12H14BrNO2. The topological polar surface area (TPSA) is 38.3 Å². The lowest BCUT2D eigenvalue weighted by molar-refractivity contribution is 0.361. The van der Waals surface area contributed by atoms with Crippen molar-refractivity contribution in [2.45, 2.75) is 25.9 Å². The monoisotopic (exact) mass is 283 g/mol. The highest BCUT2D eigenvalue weighted by molar-refractivity contribution is 9.10. The fourth-order valence-corrected chi connectivity index (χ4v) is 1.96. The predicted molar refractivity (Wildman–Crippen MR) is 65.1 cm³/mol. The van der Waals surface area contributed by atoms with Crippen LogP contribution in [0.2, 0.25) is 0 Å². The van der Waals surface area contributed by atoms with E-state index in [1.807, 2.05) is 24.3 Å². The van der Waals surface area contributed by atoms with Gasteiger partial charge in [0, 0.05) is 0 Å². The number of hydrogen-bond donors (Lipinski definition) is 1. The number of halogens is 1. The van der Waals surface area contributed by atoms with Crippen molar-refractivity contribution in [1.82, 2.24) is 5.32 Å². The first-order valence-electron chi connectivity index (χ1n) is 5.21. The van der Waals surface area contributed by atoms with Crippen LogP contribution in [0, 0.1) is 0 Å². The second kappa shape index (κ2) is 4.89. The molecule has 0 aliphatic rings. The molecule has 2 heterocycles. The van der Waals surface area contributed by atoms with Crippen LogP contribution in [0.1, 0.15) is 37.5 Å². The zero-order chi connectivity index (χ0) is 11.5. The van der Waals surface area contributed by atoms with Gasteiger partial charge in [-0.05, 0) is 54.0 Å². The molecule has 1 N–H and O–H groups in total. The average molecular weight is 284 g/mol. The summed E-state index contributed by atoms with van der Waals surface area (Å²) in [6.45, 7) is 4.12. The Morgan fingerprint density at radius 2 is 1.88 bits per heavy atom. The van der Waals surface area contributed by atoms with Crippen molar-refractivity contribution in [2.75, 3.05) is 0 Å². The van der Waals surface area contributed by atoms with Crippen LogP contribution < -0.4 is 5.32 Å². The molecule has 0 radical (unpaired) electrons. The van der Waals surface area contributed by atoms with E-state index in [2.05, 4.69) is 35.1 Å². The number of nitrogens with one attached hydrogen (secondary N) is 1. The molecule has 2 aromatic heterocycles. The van der Waals surface area contributed by atoms with E-state index < -0.39 is 0 Å². The van der Waals surface area contributed by atoms with Crippen LogP contribution in [-0.4, -0.2) is 0 Å². The molecule has 0 saturated carbocycles. The van der Waals surface area contributed by atoms with Crippen molar-refractivity contribution < 1.29 is 8.83 Å². The summed E-state index contributed by atoms with van der Waals surface area (Å²) in [4.78, 5) is 0. The van der Waals surface area contributed by atoms with E-state index in [1.165, 1.54) is 0 Å². The highest BCUT2D eigenvalue weighted by atomic mass is 79.9. The quantitative estimate of drug-likeness (QED) is 0.920. The molecule has 0 aliphatic carbocycles. The molecule has 2 atom stereocenters. The normalized spacial score (nSPS) is 14.9. The third-order valence-corrected chi connectivity index (χ3v) is 2.92. The number of rotatable bonds is 4. The van der Waals surface area contributed by atoms with Gasteiger partial charge in [0.25, 0.3) is 0 Å². The van der Waals surface area contributed by atoms with Gasteiger partial charge in [0.2, 0.25) is 0 Å². The van der Waals surface area contributed by atoms with Crippen LogP contribution in [0.25, 0.3) is 0 Å². The Kier molecular flexibility index (Phi) is 3.51. The van der Waals surface area contributed by atoms with Crippen molar-refractivity contribution in [3.63, 3.8) is 0 Å². The third-order valence-electron chi connectivity index (χ3n) is 2.49. The van der Waals surface area contributed by atoms with Gasteiger partial charge in [0.15, 0.2) is 4.67 Å². The molecule has 86 valence electrons. The van der Waals surface area contributed by atoms with Crippen molar-refractivity contribution in [1.29, 1.82) is 0 Å². The Labute approximate surface area is 103 Å². The molecule has 2 rings (SSSR count). The van der Waals surface area contributed by atoms with Crippen molar-refractivity contribution >= 4 is 15.9 Å². The van der Waals surface area contributed by atoms with E-state index in [-0.39, 0.29) is 12.1 Å². The van der Waals surface area contributed by atoms with E-state index >= 15 is 0 Å². The van der Waals surface area contributed by atoms with Gasteiger partial charge in [-0.2, -0.15) is 0 Å². The van der Waals surface area contributed by atoms with Gasteiger partial charge < -0.3 is 8.83 Å². The van der Waals surface area contributed by atoms with E-state index in [4.69, 9.17) is 8.83 Å². The summed E-state index contributed by atoms with van der Waals surface area (Å²) in [6, 6.07) is 8.01. The lowest BCUT2D eigenvalue weighted by Gasteiger charge is -2.16. The second-order valence-electron chi connectivity index (χ2n) is 3.77. The summed E-state index contributed by atoms with van der Waals surface area (Å²) >= 11 is 3.29. The molecule has 16 heavy (non-hydrogen) atoms. The van der Waals surface area contributed by atoms with Crippen LogP contribution >= 0.6 is 15.9 Å². The van der Waals surface area contributed by atoms with Crippen LogP contribution in [-0.2, 0) is 0 Å². The molecule has 0 fully saturated rings. The summed E-state index contributed by atoms with van der Waals surface area (Å²) in [5, 5.41) is 3.40. The summed E-state index contributed by atoms with van der Waals surface area (Å²) in [7, 11) is 0. The molecular weight excluding hydrogens is 270 g/mol. The Balaban J connectivity index is 2.00. The molecule has 1 unspecified atom stereocenters. The summed E-state index contributed by atoms with van der Waals surface area (Å²) in [5.41, 5.74) is 0. The maximum absolute atomic E-state index is 5.49. The van der Waals surface area contributed by atoms with Gasteiger partial charge in [-0.1, -0.05) is 0 Å². The highest BCUT2D eigenvalue weighted by Crippen LogP contribution is 2.23. The van der Waals surface area contributed by atoms with Crippen molar-refractivity contribution in [3.05, 3.63) is 46.7 Å². The standard InChI is InChI=1S/C12H14BrNO2/c1-8(10-4-3-7-15-10)14-9(2)11-5-6-12(13)16-11/h3-9,14H,1-2H3/t8-,9?/m0/s1. The maximum atomic E-state index is 5.49. The van der Waals surface area contributed by atoms with Gasteiger partial charge in [-0.25, -0.2) is 0 Å². The predicted octanol–water partition coefficient (Wildman–Crippen LogP) is 4.05. The smallest absolute Gasteiger partial charge is 0.169 e. The molecule has 4 heteroatoms. The van der Waals surface area contributed by atoms with Crippen LogP contribution in [0.4, 0.5) is 0 Å². The van der Waals surface area contributed by atoms with E-state index in [0.717, 1.165) is 16.2 Å². The Morgan fingerprint density at radius 1 is 1.12 bits per heavy atom. The lowest BCUT2D eigenvalue weighted by atomic mass is 10.2. The summed E-state index contributed by atoms with van der Waals surface area (Å²) in [5.74, 6) is 1.84. The average Bonchev–Trinajstić information content (AvgIpc) is 2.87. The number of furan rings is 2. The van der Waals surface area contributed by atoms with Crippen LogP contribution in [0.15, 0.2) is 44.0 Å². The molecule has 0 aliphatic heterocycles. The highest BCUT2D eigenvalue weighted by Gasteiger charge is 2.15. The lowest BCUT2D eigenvalue weighted by Crippen LogP contribution is -2.21. The van der Waals surface area contributed by atoms with Gasteiger partial charge >= 0.3 is 0 Å². The maximum Gasteiger partial charge on any atom is 0.169 e. The van der Waals surface area contributed by atoms with Gasteiger partial charge in [-0.3, -0.25) is 5.32 Å². The van der Waals surface area contributed by atoms with Crippen LogP contribution in [0.5, 0.6) is 0 Å². The molecule has 3 nitrogen and oxygen atoms in total. The van der Waals surface area contributed by atoms with Crippen molar-refractivity contribution in [2.24, 2.45) is 0 Å². The first-order chi connectivity index (χ1) is 7.66. The molecule has 2 aromatic rings. The molecule has 0 saturated heterocycles. The van der Waals surface area contributed by atoms with Gasteiger partial charge in [0.1, 0.15) is 11.5 Å². The molecule has 0 spiro atoms. The Hall–Kier alpha value is -1.000. The minimum Gasteiger partial charge on any atom is -0.468 e. The van der Waals surface area contributed by atoms with E-state index in [0.29, 0.717) is 0 Å². The summed E-state index contributed by atoms with van der Waals surface area (Å²) in [6.07, 6.45) is 1.68. The number of hydrogen-bond acceptors (Lipinski definition) is 3. The second-order valence-corrected chi connectivity index (χ2v) is 4.55. The van der Waals surface area contributed by atoms with E-state index in [1.54, 1.807) is 6.26 Å². The Morgan fingerprint density at radius 3 is 2.44 bits per heavy atom. The molecule has 0 amide bonds. The largest absolute Gasteiger partial charge is 0.468 e. The summed E-state index contributed by atoms with van der Waals surface area (Å²) < 4.78 is 11.6. The minimum absolute atomic E-state index is 0.145. The zero-order valence-corrected chi connectivity index (χ0v) is 10.8. The van der Waals surface area contributed by atoms with Crippen molar-refractivity contribution in [3.8, 4) is 0 Å². The third kappa shape index (κ3) is 2.57. The molecule has 0 aromatic carbocycles. The fourth-order valence-electron chi connectivity index (χ4n) is 1.64. The first kappa shape index (κ1) is 11.5. The van der Waals surface area contributed by atoms with Crippen LogP contribution in [0.3, 0.4) is 0 Å². The Bertz CT molecular complexity index is 436. The zero-order valence-electron chi connectivity index (χ0n) is 9.24. The van der Waals surface area contributed by atoms with E-state index in [9.17, 15) is 0 Å². The molecule has 0 bridgehead atoms. The minimum atomic E-state index is 0.145.